The van der Waals surface area contributed by atoms with Gasteiger partial charge in [0.2, 0.25) is 5.91 Å². The molecule has 0 bridgehead atoms. The van der Waals surface area contributed by atoms with Crippen molar-refractivity contribution in [2.45, 2.75) is 32.0 Å². The van der Waals surface area contributed by atoms with Crippen LogP contribution in [0.5, 0.6) is 0 Å². The first-order valence-corrected chi connectivity index (χ1v) is 12.3. The summed E-state index contributed by atoms with van der Waals surface area (Å²) in [5.74, 6) is -0.720. The van der Waals surface area contributed by atoms with E-state index in [4.69, 9.17) is 13.9 Å². The van der Waals surface area contributed by atoms with Crippen molar-refractivity contribution >= 4 is 57.2 Å². The number of esters is 1. The molecular formula is C22H23N3O6S2. The number of aromatic nitrogens is 1. The van der Waals surface area contributed by atoms with Gasteiger partial charge in [-0.1, -0.05) is 23.9 Å². The highest BCUT2D eigenvalue weighted by molar-refractivity contribution is 7.99. The Morgan fingerprint density at radius 3 is 2.76 bits per heavy atom. The molecule has 33 heavy (non-hydrogen) atoms. The molecule has 0 unspecified atom stereocenters. The predicted octanol–water partition coefficient (Wildman–Crippen LogP) is 4.31. The number of thioether (sulfide) groups is 1. The van der Waals surface area contributed by atoms with Crippen LogP contribution in [0.3, 0.4) is 0 Å². The molecule has 4 rings (SSSR count). The van der Waals surface area contributed by atoms with E-state index < -0.39 is 12.1 Å². The predicted molar refractivity (Wildman–Crippen MR) is 125 cm³/mol. The van der Waals surface area contributed by atoms with Crippen LogP contribution in [-0.2, 0) is 27.2 Å². The summed E-state index contributed by atoms with van der Waals surface area (Å²) < 4.78 is 16.0. The van der Waals surface area contributed by atoms with E-state index in [1.54, 1.807) is 18.7 Å². The van der Waals surface area contributed by atoms with E-state index in [1.807, 2.05) is 24.3 Å². The molecule has 2 aromatic heterocycles. The fourth-order valence-corrected chi connectivity index (χ4v) is 5.39. The van der Waals surface area contributed by atoms with Gasteiger partial charge >= 0.3 is 12.1 Å². The number of hydrogen-bond acceptors (Lipinski definition) is 9. The fourth-order valence-electron chi connectivity index (χ4n) is 3.48. The van der Waals surface area contributed by atoms with E-state index in [-0.39, 0.29) is 18.3 Å². The number of ether oxygens (including phenoxy) is 2. The quantitative estimate of drug-likeness (QED) is 0.386. The number of benzene rings is 1. The van der Waals surface area contributed by atoms with Gasteiger partial charge in [0.05, 0.1) is 31.1 Å². The summed E-state index contributed by atoms with van der Waals surface area (Å²) in [6.45, 7) is 4.74. The van der Waals surface area contributed by atoms with Crippen molar-refractivity contribution in [2.24, 2.45) is 0 Å². The molecule has 0 saturated carbocycles. The lowest BCUT2D eigenvalue weighted by Gasteiger charge is -2.26. The molecule has 1 aliphatic rings. The van der Waals surface area contributed by atoms with Gasteiger partial charge in [0.25, 0.3) is 5.22 Å². The summed E-state index contributed by atoms with van der Waals surface area (Å²) in [7, 11) is 0. The Morgan fingerprint density at radius 1 is 1.21 bits per heavy atom. The molecule has 0 spiro atoms. The molecule has 0 atom stereocenters. The molecule has 1 N–H and O–H groups in total. The topological polar surface area (TPSA) is 111 Å². The third kappa shape index (κ3) is 5.14. The Kier molecular flexibility index (Phi) is 7.19. The lowest BCUT2D eigenvalue weighted by molar-refractivity contribution is -0.113. The van der Waals surface area contributed by atoms with Crippen LogP contribution in [0.25, 0.3) is 11.1 Å². The van der Waals surface area contributed by atoms with Gasteiger partial charge in [-0.2, -0.15) is 0 Å². The molecule has 9 nitrogen and oxygen atoms in total. The van der Waals surface area contributed by atoms with Crippen molar-refractivity contribution in [1.82, 2.24) is 9.88 Å². The van der Waals surface area contributed by atoms with Crippen LogP contribution in [0, 0.1) is 0 Å². The molecule has 2 amide bonds. The molecule has 0 radical (unpaired) electrons. The van der Waals surface area contributed by atoms with E-state index in [9.17, 15) is 14.4 Å². The zero-order valence-corrected chi connectivity index (χ0v) is 19.8. The number of rotatable bonds is 7. The molecule has 1 aliphatic heterocycles. The average Bonchev–Trinajstić information content (AvgIpc) is 3.38. The van der Waals surface area contributed by atoms with Crippen molar-refractivity contribution in [1.29, 1.82) is 0 Å². The van der Waals surface area contributed by atoms with Crippen LogP contribution in [-0.4, -0.2) is 53.4 Å². The molecular weight excluding hydrogens is 466 g/mol. The number of fused-ring (bicyclic) bond motifs is 2. The van der Waals surface area contributed by atoms with Crippen molar-refractivity contribution < 1.29 is 28.3 Å². The number of nitrogens with zero attached hydrogens (tertiary/aromatic N) is 2. The fraction of sp³-hybridized carbons (Fsp3) is 0.364. The van der Waals surface area contributed by atoms with Gasteiger partial charge < -0.3 is 24.1 Å². The highest BCUT2D eigenvalue weighted by Crippen LogP contribution is 2.38. The highest BCUT2D eigenvalue weighted by atomic mass is 32.2. The number of oxazole rings is 1. The Hall–Kier alpha value is -3.05. The minimum atomic E-state index is -0.485. The number of anilines is 1. The molecule has 0 saturated heterocycles. The van der Waals surface area contributed by atoms with Gasteiger partial charge in [-0.15, -0.1) is 11.3 Å². The highest BCUT2D eigenvalue weighted by Gasteiger charge is 2.31. The number of carbonyl (C=O) groups excluding carboxylic acids is 3. The molecule has 3 aromatic rings. The maximum atomic E-state index is 12.7. The Morgan fingerprint density at radius 2 is 2.00 bits per heavy atom. The minimum Gasteiger partial charge on any atom is -0.462 e. The Labute approximate surface area is 198 Å². The summed E-state index contributed by atoms with van der Waals surface area (Å²) in [5.41, 5.74) is 2.55. The summed E-state index contributed by atoms with van der Waals surface area (Å²) in [6, 6.07) is 7.37. The van der Waals surface area contributed by atoms with Gasteiger partial charge in [-0.3, -0.25) is 4.79 Å². The van der Waals surface area contributed by atoms with Gasteiger partial charge in [0, 0.05) is 11.4 Å². The standard InChI is InChI=1S/C22H23N3O6S2/c1-3-29-20(27)18-13-9-10-25(22(28)30-4-2)11-16(13)33-19(18)24-17(26)12-32-21-23-14-7-5-6-8-15(14)31-21/h5-8H,3-4,9-12H2,1-2H3,(H,24,26). The summed E-state index contributed by atoms with van der Waals surface area (Å²) in [6.07, 6.45) is 0.0846. The van der Waals surface area contributed by atoms with Gasteiger partial charge in [-0.05, 0) is 38.0 Å². The van der Waals surface area contributed by atoms with Crippen LogP contribution in [0.15, 0.2) is 33.9 Å². The maximum absolute atomic E-state index is 12.7. The lowest BCUT2D eigenvalue weighted by Crippen LogP contribution is -2.36. The normalized spacial score (nSPS) is 13.0. The number of thiophene rings is 1. The third-order valence-corrected chi connectivity index (χ3v) is 6.88. The van der Waals surface area contributed by atoms with Crippen molar-refractivity contribution in [3.05, 3.63) is 40.3 Å². The molecule has 0 fully saturated rings. The summed E-state index contributed by atoms with van der Waals surface area (Å²) in [4.78, 5) is 44.2. The molecule has 3 heterocycles. The van der Waals surface area contributed by atoms with E-state index >= 15 is 0 Å². The van der Waals surface area contributed by atoms with Gasteiger partial charge in [-0.25, -0.2) is 14.6 Å². The van der Waals surface area contributed by atoms with Crippen molar-refractivity contribution in [2.75, 3.05) is 30.8 Å². The Bertz CT molecular complexity index is 1160. The number of hydrogen-bond donors (Lipinski definition) is 1. The van der Waals surface area contributed by atoms with Crippen LogP contribution >= 0.6 is 23.1 Å². The van der Waals surface area contributed by atoms with Crippen molar-refractivity contribution in [3.63, 3.8) is 0 Å². The second kappa shape index (κ2) is 10.3. The number of nitrogens with one attached hydrogen (secondary N) is 1. The van der Waals surface area contributed by atoms with Crippen LogP contribution < -0.4 is 5.32 Å². The second-order valence-corrected chi connectivity index (χ2v) is 9.11. The van der Waals surface area contributed by atoms with Gasteiger partial charge in [0.15, 0.2) is 5.58 Å². The molecule has 11 heteroatoms. The zero-order chi connectivity index (χ0) is 23.4. The minimum absolute atomic E-state index is 0.0621. The van der Waals surface area contributed by atoms with E-state index in [0.29, 0.717) is 47.5 Å². The molecule has 174 valence electrons. The van der Waals surface area contributed by atoms with E-state index in [1.165, 1.54) is 23.1 Å². The average molecular weight is 490 g/mol. The van der Waals surface area contributed by atoms with E-state index in [0.717, 1.165) is 16.0 Å². The van der Waals surface area contributed by atoms with Gasteiger partial charge in [0.1, 0.15) is 10.5 Å². The summed E-state index contributed by atoms with van der Waals surface area (Å²) >= 11 is 2.45. The largest absolute Gasteiger partial charge is 0.462 e. The first kappa shape index (κ1) is 23.1. The van der Waals surface area contributed by atoms with E-state index in [2.05, 4.69) is 10.3 Å². The first-order valence-electron chi connectivity index (χ1n) is 10.5. The molecule has 1 aromatic carbocycles. The number of amides is 2. The third-order valence-electron chi connectivity index (χ3n) is 4.92. The second-order valence-electron chi connectivity index (χ2n) is 7.08. The number of carbonyl (C=O) groups is 3. The van der Waals surface area contributed by atoms with Crippen LogP contribution in [0.2, 0.25) is 0 Å². The van der Waals surface area contributed by atoms with Crippen molar-refractivity contribution in [3.8, 4) is 0 Å². The first-order chi connectivity index (χ1) is 16.0. The zero-order valence-electron chi connectivity index (χ0n) is 18.2. The maximum Gasteiger partial charge on any atom is 0.410 e. The molecule has 0 aliphatic carbocycles. The SMILES string of the molecule is CCOC(=O)c1c(NC(=O)CSc2nc3ccccc3o2)sc2c1CCN(C(=O)OCC)C2. The Balaban J connectivity index is 1.49. The lowest BCUT2D eigenvalue weighted by atomic mass is 10.0. The number of para-hydroxylation sites is 2. The summed E-state index contributed by atoms with van der Waals surface area (Å²) in [5, 5.41) is 3.65. The van der Waals surface area contributed by atoms with Crippen LogP contribution in [0.4, 0.5) is 9.80 Å². The van der Waals surface area contributed by atoms with Crippen LogP contribution in [0.1, 0.15) is 34.6 Å². The monoisotopic (exact) mass is 489 g/mol. The smallest absolute Gasteiger partial charge is 0.410 e.